The van der Waals surface area contributed by atoms with Gasteiger partial charge in [0.1, 0.15) is 11.6 Å². The van der Waals surface area contributed by atoms with Gasteiger partial charge in [-0.3, -0.25) is 9.59 Å². The van der Waals surface area contributed by atoms with Gasteiger partial charge in [-0.05, 0) is 43.0 Å². The Morgan fingerprint density at radius 2 is 2.03 bits per heavy atom. The van der Waals surface area contributed by atoms with Gasteiger partial charge in [-0.1, -0.05) is 23.4 Å². The second-order valence-electron chi connectivity index (χ2n) is 6.33. The fraction of sp³-hybridized carbons (Fsp3) is 0.250. The number of amides is 2. The monoisotopic (exact) mass is 433 g/mol. The molecule has 0 unspecified atom stereocenters. The lowest BCUT2D eigenvalue weighted by Gasteiger charge is -2.19. The van der Waals surface area contributed by atoms with Gasteiger partial charge in [-0.2, -0.15) is 0 Å². The van der Waals surface area contributed by atoms with E-state index in [9.17, 15) is 14.0 Å². The highest BCUT2D eigenvalue weighted by Crippen LogP contribution is 2.26. The van der Waals surface area contributed by atoms with E-state index in [0.29, 0.717) is 11.6 Å². The topological polar surface area (TPSA) is 84.2 Å². The summed E-state index contributed by atoms with van der Waals surface area (Å²) in [6, 6.07) is 11.1. The average molecular weight is 434 g/mol. The minimum Gasteiger partial charge on any atom is -0.360 e. The first kappa shape index (κ1) is 21.1. The van der Waals surface area contributed by atoms with Crippen molar-refractivity contribution in [2.75, 3.05) is 11.1 Å². The van der Waals surface area contributed by atoms with E-state index in [-0.39, 0.29) is 29.4 Å². The highest BCUT2D eigenvalue weighted by Gasteiger charge is 2.21. The van der Waals surface area contributed by atoms with Gasteiger partial charge in [-0.15, -0.1) is 23.1 Å². The summed E-state index contributed by atoms with van der Waals surface area (Å²) in [5.74, 6) is 0.246. The predicted octanol–water partition coefficient (Wildman–Crippen LogP) is 4.15. The van der Waals surface area contributed by atoms with E-state index in [4.69, 9.17) is 4.52 Å². The maximum absolute atomic E-state index is 13.3. The van der Waals surface area contributed by atoms with Crippen LogP contribution in [-0.4, -0.2) is 28.0 Å². The van der Waals surface area contributed by atoms with Crippen molar-refractivity contribution >= 4 is 40.7 Å². The molecule has 2 aromatic heterocycles. The smallest absolute Gasteiger partial charge is 0.238 e. The summed E-state index contributed by atoms with van der Waals surface area (Å²) in [6.07, 6.45) is 0. The van der Waals surface area contributed by atoms with Crippen molar-refractivity contribution < 1.29 is 18.5 Å². The molecule has 0 spiro atoms. The summed E-state index contributed by atoms with van der Waals surface area (Å²) < 4.78 is 18.2. The summed E-state index contributed by atoms with van der Waals surface area (Å²) in [5.41, 5.74) is 0.791. The third-order valence-corrected chi connectivity index (χ3v) is 6.13. The Hall–Kier alpha value is -2.65. The number of carbonyl (C=O) groups is 2. The molecule has 3 aromatic rings. The maximum atomic E-state index is 13.3. The summed E-state index contributed by atoms with van der Waals surface area (Å²) in [5, 5.41) is 10.8. The fourth-order valence-corrected chi connectivity index (χ4v) is 4.06. The lowest BCUT2D eigenvalue weighted by molar-refractivity contribution is -0.119. The predicted molar refractivity (Wildman–Crippen MR) is 112 cm³/mol. The van der Waals surface area contributed by atoms with Crippen LogP contribution in [0.15, 0.2) is 52.4 Å². The van der Waals surface area contributed by atoms with Crippen LogP contribution in [0.3, 0.4) is 0 Å². The van der Waals surface area contributed by atoms with Crippen LogP contribution >= 0.6 is 23.1 Å². The Morgan fingerprint density at radius 3 is 2.66 bits per heavy atom. The number of halogens is 1. The van der Waals surface area contributed by atoms with Crippen molar-refractivity contribution in [3.05, 3.63) is 69.9 Å². The lowest BCUT2D eigenvalue weighted by Crippen LogP contribution is -2.32. The van der Waals surface area contributed by atoms with Crippen LogP contribution in [0.25, 0.3) is 0 Å². The SMILES string of the molecule is Cc1cc(NC(=O)[C@H](C)SCC(=O)N[C@@H](c2ccc(F)cc2)c2cccs2)no1. The van der Waals surface area contributed by atoms with Crippen LogP contribution in [-0.2, 0) is 9.59 Å². The summed E-state index contributed by atoms with van der Waals surface area (Å²) in [6.45, 7) is 3.45. The fourth-order valence-electron chi connectivity index (χ4n) is 2.56. The number of benzene rings is 1. The lowest BCUT2D eigenvalue weighted by atomic mass is 10.1. The number of thioether (sulfide) groups is 1. The molecular formula is C20H20FN3O3S2. The Labute approximate surface area is 175 Å². The van der Waals surface area contributed by atoms with Crippen molar-refractivity contribution in [1.29, 1.82) is 0 Å². The van der Waals surface area contributed by atoms with Crippen LogP contribution in [0.4, 0.5) is 10.2 Å². The molecule has 0 aliphatic heterocycles. The minimum atomic E-state index is -0.455. The van der Waals surface area contributed by atoms with Gasteiger partial charge in [0, 0.05) is 10.9 Å². The van der Waals surface area contributed by atoms with E-state index >= 15 is 0 Å². The molecule has 2 atom stereocenters. The Morgan fingerprint density at radius 1 is 1.28 bits per heavy atom. The number of aryl methyl sites for hydroxylation is 1. The zero-order valence-electron chi connectivity index (χ0n) is 15.8. The zero-order valence-corrected chi connectivity index (χ0v) is 17.5. The Balaban J connectivity index is 1.57. The quantitative estimate of drug-likeness (QED) is 0.558. The van der Waals surface area contributed by atoms with E-state index in [0.717, 1.165) is 10.4 Å². The standard InChI is InChI=1S/C20H20FN3O3S2/c1-12-10-17(24-27-12)22-20(26)13(2)29-11-18(25)23-19(16-4-3-9-28-16)14-5-7-15(21)8-6-14/h3-10,13,19H,11H2,1-2H3,(H,23,25)(H,22,24,26)/t13-,19-/m0/s1. The van der Waals surface area contributed by atoms with Crippen LogP contribution < -0.4 is 10.6 Å². The van der Waals surface area contributed by atoms with Gasteiger partial charge in [-0.25, -0.2) is 4.39 Å². The summed E-state index contributed by atoms with van der Waals surface area (Å²) in [7, 11) is 0. The van der Waals surface area contributed by atoms with Crippen molar-refractivity contribution in [2.45, 2.75) is 25.1 Å². The van der Waals surface area contributed by atoms with Gasteiger partial charge in [0.05, 0.1) is 17.0 Å². The molecule has 3 rings (SSSR count). The molecule has 1 aromatic carbocycles. The van der Waals surface area contributed by atoms with Crippen molar-refractivity contribution in [2.24, 2.45) is 0 Å². The normalized spacial score (nSPS) is 12.9. The first-order chi connectivity index (χ1) is 13.9. The molecule has 6 nitrogen and oxygen atoms in total. The molecule has 9 heteroatoms. The molecule has 0 aliphatic rings. The van der Waals surface area contributed by atoms with Gasteiger partial charge in [0.25, 0.3) is 0 Å². The zero-order chi connectivity index (χ0) is 20.8. The van der Waals surface area contributed by atoms with Crippen LogP contribution in [0.5, 0.6) is 0 Å². The summed E-state index contributed by atoms with van der Waals surface area (Å²) in [4.78, 5) is 25.7. The Bertz CT molecular complexity index is 958. The van der Waals surface area contributed by atoms with Crippen molar-refractivity contribution in [3.8, 4) is 0 Å². The molecule has 0 saturated heterocycles. The number of nitrogens with one attached hydrogen (secondary N) is 2. The van der Waals surface area contributed by atoms with E-state index in [1.54, 1.807) is 32.0 Å². The van der Waals surface area contributed by atoms with Crippen molar-refractivity contribution in [1.82, 2.24) is 10.5 Å². The van der Waals surface area contributed by atoms with Crippen LogP contribution in [0.1, 0.15) is 29.2 Å². The van der Waals surface area contributed by atoms with E-state index in [1.165, 1.54) is 35.2 Å². The van der Waals surface area contributed by atoms with Crippen molar-refractivity contribution in [3.63, 3.8) is 0 Å². The Kier molecular flexibility index (Phi) is 7.05. The number of thiophene rings is 1. The molecule has 29 heavy (non-hydrogen) atoms. The molecule has 0 aliphatic carbocycles. The molecule has 2 heterocycles. The van der Waals surface area contributed by atoms with E-state index in [1.807, 2.05) is 17.5 Å². The van der Waals surface area contributed by atoms with Crippen LogP contribution in [0.2, 0.25) is 0 Å². The molecule has 0 bridgehead atoms. The van der Waals surface area contributed by atoms with E-state index in [2.05, 4.69) is 15.8 Å². The number of anilines is 1. The average Bonchev–Trinajstić information content (AvgIpc) is 3.37. The second-order valence-corrected chi connectivity index (χ2v) is 8.64. The van der Waals surface area contributed by atoms with Gasteiger partial charge < -0.3 is 15.2 Å². The van der Waals surface area contributed by atoms with Gasteiger partial charge >= 0.3 is 0 Å². The summed E-state index contributed by atoms with van der Waals surface area (Å²) >= 11 is 2.73. The number of aromatic nitrogens is 1. The highest BCUT2D eigenvalue weighted by molar-refractivity contribution is 8.01. The number of hydrogen-bond acceptors (Lipinski definition) is 6. The molecule has 0 fully saturated rings. The second kappa shape index (κ2) is 9.71. The first-order valence-electron chi connectivity index (χ1n) is 8.86. The van der Waals surface area contributed by atoms with Crippen LogP contribution in [0, 0.1) is 12.7 Å². The largest absolute Gasteiger partial charge is 0.360 e. The molecular weight excluding hydrogens is 413 g/mol. The number of carbonyl (C=O) groups excluding carboxylic acids is 2. The molecule has 2 amide bonds. The first-order valence-corrected chi connectivity index (χ1v) is 10.8. The maximum Gasteiger partial charge on any atom is 0.238 e. The number of rotatable bonds is 8. The molecule has 2 N–H and O–H groups in total. The van der Waals surface area contributed by atoms with E-state index < -0.39 is 5.25 Å². The highest BCUT2D eigenvalue weighted by atomic mass is 32.2. The number of nitrogens with zero attached hydrogens (tertiary/aromatic N) is 1. The molecule has 0 radical (unpaired) electrons. The van der Waals surface area contributed by atoms with Gasteiger partial charge in [0.15, 0.2) is 5.82 Å². The number of hydrogen-bond donors (Lipinski definition) is 2. The third kappa shape index (κ3) is 5.91. The molecule has 0 saturated carbocycles. The third-order valence-electron chi connectivity index (χ3n) is 4.05. The minimum absolute atomic E-state index is 0.107. The van der Waals surface area contributed by atoms with Gasteiger partial charge in [0.2, 0.25) is 11.8 Å². The molecule has 152 valence electrons.